The molecule has 1 aliphatic carbocycles. The van der Waals surface area contributed by atoms with E-state index in [0.717, 1.165) is 24.9 Å². The molecule has 98 valence electrons. The van der Waals surface area contributed by atoms with Gasteiger partial charge in [0.25, 0.3) is 0 Å². The highest BCUT2D eigenvalue weighted by atomic mass is 16.1. The van der Waals surface area contributed by atoms with Crippen LogP contribution in [0, 0.1) is 5.92 Å². The third-order valence-electron chi connectivity index (χ3n) is 3.95. The molecule has 3 nitrogen and oxygen atoms in total. The molecule has 0 saturated heterocycles. The molecule has 3 unspecified atom stereocenters. The number of amides is 1. The highest BCUT2D eigenvalue weighted by Gasteiger charge is 2.25. The standard InChI is InChI=1S/C15H22N2O/c1-11(12-6-3-2-4-7-12)15(18)17-10-13-8-5-9-14(13)16/h2-4,6-7,11,13-14H,5,8-10,16H2,1H3,(H,17,18). The average Bonchev–Trinajstić information content (AvgIpc) is 2.81. The minimum Gasteiger partial charge on any atom is -0.355 e. The number of rotatable bonds is 4. The van der Waals surface area contributed by atoms with Crippen molar-refractivity contribution in [3.63, 3.8) is 0 Å². The van der Waals surface area contributed by atoms with Gasteiger partial charge in [-0.25, -0.2) is 0 Å². The van der Waals surface area contributed by atoms with Gasteiger partial charge in [-0.3, -0.25) is 4.79 Å². The molecule has 1 aromatic carbocycles. The second-order valence-corrected chi connectivity index (χ2v) is 5.23. The molecule has 1 aliphatic rings. The molecule has 0 heterocycles. The van der Waals surface area contributed by atoms with E-state index in [-0.39, 0.29) is 17.9 Å². The Morgan fingerprint density at radius 3 is 2.72 bits per heavy atom. The molecule has 0 bridgehead atoms. The number of hydrogen-bond acceptors (Lipinski definition) is 2. The van der Waals surface area contributed by atoms with Crippen LogP contribution in [0.15, 0.2) is 30.3 Å². The fourth-order valence-corrected chi connectivity index (χ4v) is 2.60. The molecule has 0 radical (unpaired) electrons. The summed E-state index contributed by atoms with van der Waals surface area (Å²) in [5, 5.41) is 3.03. The second-order valence-electron chi connectivity index (χ2n) is 5.23. The molecule has 18 heavy (non-hydrogen) atoms. The van der Waals surface area contributed by atoms with E-state index in [2.05, 4.69) is 5.32 Å². The summed E-state index contributed by atoms with van der Waals surface area (Å²) in [6, 6.07) is 10.1. The molecule has 0 spiro atoms. The molecule has 1 amide bonds. The summed E-state index contributed by atoms with van der Waals surface area (Å²) in [4.78, 5) is 12.1. The quantitative estimate of drug-likeness (QED) is 0.854. The Morgan fingerprint density at radius 1 is 1.39 bits per heavy atom. The molecule has 1 fully saturated rings. The van der Waals surface area contributed by atoms with Crippen molar-refractivity contribution in [1.82, 2.24) is 5.32 Å². The number of carbonyl (C=O) groups is 1. The number of nitrogens with two attached hydrogens (primary N) is 1. The van der Waals surface area contributed by atoms with E-state index in [1.54, 1.807) is 0 Å². The predicted molar refractivity (Wildman–Crippen MR) is 73.2 cm³/mol. The Balaban J connectivity index is 1.84. The summed E-state index contributed by atoms with van der Waals surface area (Å²) < 4.78 is 0. The van der Waals surface area contributed by atoms with Gasteiger partial charge in [-0.1, -0.05) is 36.8 Å². The zero-order valence-electron chi connectivity index (χ0n) is 10.9. The van der Waals surface area contributed by atoms with Crippen molar-refractivity contribution >= 4 is 5.91 Å². The lowest BCUT2D eigenvalue weighted by Gasteiger charge is -2.18. The van der Waals surface area contributed by atoms with Crippen LogP contribution in [0.2, 0.25) is 0 Å². The molecule has 2 rings (SSSR count). The Kier molecular flexibility index (Phi) is 4.37. The van der Waals surface area contributed by atoms with E-state index in [4.69, 9.17) is 5.73 Å². The van der Waals surface area contributed by atoms with Crippen molar-refractivity contribution in [2.45, 2.75) is 38.1 Å². The summed E-state index contributed by atoms with van der Waals surface area (Å²) in [7, 11) is 0. The van der Waals surface area contributed by atoms with Gasteiger partial charge in [-0.05, 0) is 31.2 Å². The van der Waals surface area contributed by atoms with E-state index >= 15 is 0 Å². The van der Waals surface area contributed by atoms with Crippen LogP contribution in [-0.2, 0) is 4.79 Å². The first kappa shape index (κ1) is 13.1. The summed E-state index contributed by atoms with van der Waals surface area (Å²) >= 11 is 0. The Morgan fingerprint density at radius 2 is 2.11 bits per heavy atom. The van der Waals surface area contributed by atoms with Crippen molar-refractivity contribution < 1.29 is 4.79 Å². The van der Waals surface area contributed by atoms with Crippen molar-refractivity contribution in [1.29, 1.82) is 0 Å². The van der Waals surface area contributed by atoms with Crippen LogP contribution in [0.3, 0.4) is 0 Å². The summed E-state index contributed by atoms with van der Waals surface area (Å²) in [5.74, 6) is 0.459. The SMILES string of the molecule is CC(C(=O)NCC1CCCC1N)c1ccccc1. The normalized spacial score (nSPS) is 24.8. The van der Waals surface area contributed by atoms with Crippen molar-refractivity contribution in [3.05, 3.63) is 35.9 Å². The second kappa shape index (κ2) is 6.01. The van der Waals surface area contributed by atoms with E-state index < -0.39 is 0 Å². The lowest BCUT2D eigenvalue weighted by molar-refractivity contribution is -0.122. The largest absolute Gasteiger partial charge is 0.355 e. The fourth-order valence-electron chi connectivity index (χ4n) is 2.60. The van der Waals surface area contributed by atoms with Gasteiger partial charge in [0.05, 0.1) is 5.92 Å². The lowest BCUT2D eigenvalue weighted by atomic mass is 9.99. The van der Waals surface area contributed by atoms with Crippen molar-refractivity contribution in [2.75, 3.05) is 6.54 Å². The first-order valence-electron chi connectivity index (χ1n) is 6.76. The topological polar surface area (TPSA) is 55.1 Å². The number of carbonyl (C=O) groups excluding carboxylic acids is 1. The molecule has 3 N–H and O–H groups in total. The Labute approximate surface area is 109 Å². The van der Waals surface area contributed by atoms with Crippen LogP contribution in [0.1, 0.15) is 37.7 Å². The molecule has 3 heteroatoms. The Hall–Kier alpha value is -1.35. The van der Waals surface area contributed by atoms with Crippen LogP contribution in [-0.4, -0.2) is 18.5 Å². The Bertz CT molecular complexity index is 391. The maximum absolute atomic E-state index is 12.1. The van der Waals surface area contributed by atoms with E-state index in [1.807, 2.05) is 37.3 Å². The minimum absolute atomic E-state index is 0.0937. The fraction of sp³-hybridized carbons (Fsp3) is 0.533. The van der Waals surface area contributed by atoms with Crippen molar-refractivity contribution in [2.24, 2.45) is 11.7 Å². The van der Waals surface area contributed by atoms with Gasteiger partial charge in [0.2, 0.25) is 5.91 Å². The van der Waals surface area contributed by atoms with Gasteiger partial charge in [0.15, 0.2) is 0 Å². The van der Waals surface area contributed by atoms with Crippen LogP contribution >= 0.6 is 0 Å². The third-order valence-corrected chi connectivity index (χ3v) is 3.95. The molecule has 0 aromatic heterocycles. The summed E-state index contributed by atoms with van der Waals surface area (Å²) in [6.45, 7) is 2.66. The minimum atomic E-state index is -0.0937. The van der Waals surface area contributed by atoms with Gasteiger partial charge in [-0.2, -0.15) is 0 Å². The van der Waals surface area contributed by atoms with Crippen LogP contribution < -0.4 is 11.1 Å². The maximum Gasteiger partial charge on any atom is 0.227 e. The van der Waals surface area contributed by atoms with Gasteiger partial charge in [0.1, 0.15) is 0 Å². The van der Waals surface area contributed by atoms with Crippen LogP contribution in [0.5, 0.6) is 0 Å². The smallest absolute Gasteiger partial charge is 0.227 e. The highest BCUT2D eigenvalue weighted by Crippen LogP contribution is 2.23. The lowest BCUT2D eigenvalue weighted by Crippen LogP contribution is -2.37. The molecular formula is C15H22N2O. The number of hydrogen-bond donors (Lipinski definition) is 2. The third kappa shape index (κ3) is 3.10. The van der Waals surface area contributed by atoms with Gasteiger partial charge in [-0.15, -0.1) is 0 Å². The zero-order chi connectivity index (χ0) is 13.0. The number of nitrogens with one attached hydrogen (secondary N) is 1. The zero-order valence-corrected chi connectivity index (χ0v) is 10.9. The van der Waals surface area contributed by atoms with E-state index in [0.29, 0.717) is 5.92 Å². The molecule has 1 saturated carbocycles. The summed E-state index contributed by atoms with van der Waals surface area (Å²) in [6.07, 6.45) is 3.42. The molecule has 0 aliphatic heterocycles. The molecule has 1 aromatic rings. The first-order valence-corrected chi connectivity index (χ1v) is 6.76. The first-order chi connectivity index (χ1) is 8.68. The predicted octanol–water partition coefficient (Wildman–Crippen LogP) is 2.03. The number of benzene rings is 1. The van der Waals surface area contributed by atoms with Gasteiger partial charge in [0, 0.05) is 12.6 Å². The molecule has 3 atom stereocenters. The summed E-state index contributed by atoms with van der Waals surface area (Å²) in [5.41, 5.74) is 7.06. The molecular weight excluding hydrogens is 224 g/mol. The van der Waals surface area contributed by atoms with Gasteiger partial charge < -0.3 is 11.1 Å². The van der Waals surface area contributed by atoms with E-state index in [1.165, 1.54) is 6.42 Å². The monoisotopic (exact) mass is 246 g/mol. The highest BCUT2D eigenvalue weighted by molar-refractivity contribution is 5.83. The van der Waals surface area contributed by atoms with Gasteiger partial charge >= 0.3 is 0 Å². The van der Waals surface area contributed by atoms with E-state index in [9.17, 15) is 4.79 Å². The average molecular weight is 246 g/mol. The van der Waals surface area contributed by atoms with Crippen LogP contribution in [0.25, 0.3) is 0 Å². The maximum atomic E-state index is 12.1. The van der Waals surface area contributed by atoms with Crippen LogP contribution in [0.4, 0.5) is 0 Å². The van der Waals surface area contributed by atoms with Crippen molar-refractivity contribution in [3.8, 4) is 0 Å².